The molecule has 0 spiro atoms. The molecule has 4 nitrogen and oxygen atoms in total. The van der Waals surface area contributed by atoms with Crippen LogP contribution in [0.3, 0.4) is 0 Å². The number of anilines is 1. The molecule has 1 aliphatic heterocycles. The number of ether oxygens (including phenoxy) is 1. The summed E-state index contributed by atoms with van der Waals surface area (Å²) in [7, 11) is 0. The van der Waals surface area contributed by atoms with E-state index in [1.54, 1.807) is 0 Å². The quantitative estimate of drug-likeness (QED) is 0.857. The van der Waals surface area contributed by atoms with Crippen molar-refractivity contribution in [1.29, 1.82) is 5.26 Å². The fourth-order valence-corrected chi connectivity index (χ4v) is 2.65. The highest BCUT2D eigenvalue weighted by molar-refractivity contribution is 5.84. The third kappa shape index (κ3) is 2.27. The molecule has 1 aromatic heterocycles. The molecular formula is C16H17N3O. The number of hydrogen-bond acceptors (Lipinski definition) is 4. The fraction of sp³-hybridized carbons (Fsp3) is 0.375. The molecule has 0 radical (unpaired) electrons. The van der Waals surface area contributed by atoms with Crippen molar-refractivity contribution in [2.24, 2.45) is 0 Å². The van der Waals surface area contributed by atoms with E-state index in [1.807, 2.05) is 31.2 Å². The molecule has 0 amide bonds. The summed E-state index contributed by atoms with van der Waals surface area (Å²) in [6, 6.07) is 10.0. The van der Waals surface area contributed by atoms with Crippen molar-refractivity contribution in [2.45, 2.75) is 19.8 Å². The Hall–Kier alpha value is -2.28. The lowest BCUT2D eigenvalue weighted by Gasteiger charge is -2.18. The van der Waals surface area contributed by atoms with Crippen LogP contribution in [0.15, 0.2) is 24.3 Å². The Balaban J connectivity index is 2.08. The highest BCUT2D eigenvalue weighted by Crippen LogP contribution is 2.28. The third-order valence-corrected chi connectivity index (χ3v) is 3.60. The van der Waals surface area contributed by atoms with Gasteiger partial charge in [-0.15, -0.1) is 0 Å². The lowest BCUT2D eigenvalue weighted by molar-refractivity contribution is 0.340. The summed E-state index contributed by atoms with van der Waals surface area (Å²) >= 11 is 0. The number of benzene rings is 1. The summed E-state index contributed by atoms with van der Waals surface area (Å²) in [5.41, 5.74) is 1.56. The Bertz CT molecular complexity index is 669. The predicted octanol–water partition coefficient (Wildman–Crippen LogP) is 3.11. The van der Waals surface area contributed by atoms with Gasteiger partial charge in [-0.3, -0.25) is 0 Å². The van der Waals surface area contributed by atoms with Gasteiger partial charge in [-0.05, 0) is 44.0 Å². The van der Waals surface area contributed by atoms with Gasteiger partial charge in [0.15, 0.2) is 0 Å². The summed E-state index contributed by atoms with van der Waals surface area (Å²) in [6.45, 7) is 4.57. The number of aromatic nitrogens is 1. The molecule has 0 unspecified atom stereocenters. The minimum atomic E-state index is 0.635. The van der Waals surface area contributed by atoms with Gasteiger partial charge in [-0.2, -0.15) is 5.26 Å². The van der Waals surface area contributed by atoms with Crippen molar-refractivity contribution >= 4 is 16.7 Å². The molecule has 4 heteroatoms. The van der Waals surface area contributed by atoms with E-state index in [9.17, 15) is 5.26 Å². The van der Waals surface area contributed by atoms with Gasteiger partial charge in [0.1, 0.15) is 17.6 Å². The Morgan fingerprint density at radius 2 is 2.10 bits per heavy atom. The summed E-state index contributed by atoms with van der Waals surface area (Å²) in [5.74, 6) is 1.64. The van der Waals surface area contributed by atoms with Gasteiger partial charge in [0, 0.05) is 18.5 Å². The maximum atomic E-state index is 9.36. The summed E-state index contributed by atoms with van der Waals surface area (Å²) in [6.07, 6.45) is 2.35. The smallest absolute Gasteiger partial charge is 0.147 e. The van der Waals surface area contributed by atoms with Crippen molar-refractivity contribution in [3.63, 3.8) is 0 Å². The van der Waals surface area contributed by atoms with E-state index in [0.29, 0.717) is 12.2 Å². The number of fused-ring (bicyclic) bond motifs is 1. The van der Waals surface area contributed by atoms with Crippen LogP contribution in [0.25, 0.3) is 10.9 Å². The average molecular weight is 267 g/mol. The number of pyridine rings is 1. The molecule has 1 fully saturated rings. The van der Waals surface area contributed by atoms with Crippen LogP contribution < -0.4 is 9.64 Å². The molecule has 102 valence electrons. The average Bonchev–Trinajstić information content (AvgIpc) is 3.00. The van der Waals surface area contributed by atoms with Crippen LogP contribution in [-0.4, -0.2) is 24.7 Å². The first-order chi connectivity index (χ1) is 9.81. The first kappa shape index (κ1) is 12.7. The number of nitriles is 1. The Morgan fingerprint density at radius 3 is 2.80 bits per heavy atom. The highest BCUT2D eigenvalue weighted by Gasteiger charge is 2.18. The van der Waals surface area contributed by atoms with Crippen LogP contribution in [0, 0.1) is 11.3 Å². The van der Waals surface area contributed by atoms with Crippen LogP contribution in [0.1, 0.15) is 25.3 Å². The molecule has 3 rings (SSSR count). The van der Waals surface area contributed by atoms with E-state index in [1.165, 1.54) is 12.8 Å². The van der Waals surface area contributed by atoms with Crippen molar-refractivity contribution in [2.75, 3.05) is 24.6 Å². The van der Waals surface area contributed by atoms with E-state index < -0.39 is 0 Å². The van der Waals surface area contributed by atoms with Gasteiger partial charge < -0.3 is 9.64 Å². The van der Waals surface area contributed by atoms with E-state index >= 15 is 0 Å². The molecular weight excluding hydrogens is 250 g/mol. The predicted molar refractivity (Wildman–Crippen MR) is 79.1 cm³/mol. The molecule has 1 aromatic carbocycles. The first-order valence-corrected chi connectivity index (χ1v) is 7.04. The third-order valence-electron chi connectivity index (χ3n) is 3.60. The molecule has 0 saturated carbocycles. The van der Waals surface area contributed by atoms with Gasteiger partial charge in [-0.1, -0.05) is 0 Å². The molecule has 1 saturated heterocycles. The Labute approximate surface area is 118 Å². The monoisotopic (exact) mass is 267 g/mol. The molecule has 2 aromatic rings. The fourth-order valence-electron chi connectivity index (χ4n) is 2.65. The normalized spacial score (nSPS) is 14.5. The van der Waals surface area contributed by atoms with Crippen molar-refractivity contribution < 1.29 is 4.74 Å². The zero-order valence-corrected chi connectivity index (χ0v) is 11.6. The van der Waals surface area contributed by atoms with Crippen LogP contribution in [0.5, 0.6) is 5.75 Å². The Morgan fingerprint density at radius 1 is 1.30 bits per heavy atom. The van der Waals surface area contributed by atoms with Crippen molar-refractivity contribution in [1.82, 2.24) is 4.98 Å². The number of hydrogen-bond donors (Lipinski definition) is 0. The van der Waals surface area contributed by atoms with E-state index in [0.717, 1.165) is 35.6 Å². The SMILES string of the molecule is CCOc1ccc2nc(N3CCCC3)c(C#N)cc2c1. The first-order valence-electron chi connectivity index (χ1n) is 7.04. The minimum Gasteiger partial charge on any atom is -0.494 e. The Kier molecular flexibility index (Phi) is 3.42. The van der Waals surface area contributed by atoms with Gasteiger partial charge in [0.05, 0.1) is 17.7 Å². The van der Waals surface area contributed by atoms with Gasteiger partial charge in [0.25, 0.3) is 0 Å². The minimum absolute atomic E-state index is 0.635. The molecule has 0 N–H and O–H groups in total. The van der Waals surface area contributed by atoms with Crippen LogP contribution >= 0.6 is 0 Å². The summed E-state index contributed by atoms with van der Waals surface area (Å²) in [5, 5.41) is 10.3. The maximum absolute atomic E-state index is 9.36. The summed E-state index contributed by atoms with van der Waals surface area (Å²) < 4.78 is 5.50. The number of rotatable bonds is 3. The van der Waals surface area contributed by atoms with Crippen LogP contribution in [0.4, 0.5) is 5.82 Å². The second-order valence-corrected chi connectivity index (χ2v) is 4.95. The molecule has 20 heavy (non-hydrogen) atoms. The van der Waals surface area contributed by atoms with Crippen molar-refractivity contribution in [3.05, 3.63) is 29.8 Å². The largest absolute Gasteiger partial charge is 0.494 e. The molecule has 0 bridgehead atoms. The van der Waals surface area contributed by atoms with Gasteiger partial charge >= 0.3 is 0 Å². The topological polar surface area (TPSA) is 49.1 Å². The highest BCUT2D eigenvalue weighted by atomic mass is 16.5. The molecule has 1 aliphatic rings. The molecule has 0 aliphatic carbocycles. The number of nitrogens with zero attached hydrogens (tertiary/aromatic N) is 3. The van der Waals surface area contributed by atoms with Crippen molar-refractivity contribution in [3.8, 4) is 11.8 Å². The standard InChI is InChI=1S/C16H17N3O/c1-2-20-14-5-6-15-12(10-14)9-13(11-17)16(18-15)19-7-3-4-8-19/h5-6,9-10H,2-4,7-8H2,1H3. The summed E-state index contributed by atoms with van der Waals surface area (Å²) in [4.78, 5) is 6.88. The van der Waals surface area contributed by atoms with Gasteiger partial charge in [-0.25, -0.2) is 4.98 Å². The molecule has 2 heterocycles. The van der Waals surface area contributed by atoms with Gasteiger partial charge in [0.2, 0.25) is 0 Å². The van der Waals surface area contributed by atoms with Crippen LogP contribution in [0.2, 0.25) is 0 Å². The molecule has 0 atom stereocenters. The zero-order chi connectivity index (χ0) is 13.9. The second kappa shape index (κ2) is 5.38. The second-order valence-electron chi connectivity index (χ2n) is 4.95. The zero-order valence-electron chi connectivity index (χ0n) is 11.6. The van der Waals surface area contributed by atoms with E-state index in [-0.39, 0.29) is 0 Å². The lowest BCUT2D eigenvalue weighted by Crippen LogP contribution is -2.20. The maximum Gasteiger partial charge on any atom is 0.147 e. The van der Waals surface area contributed by atoms with Crippen LogP contribution in [-0.2, 0) is 0 Å². The van der Waals surface area contributed by atoms with E-state index in [4.69, 9.17) is 4.74 Å². The lowest BCUT2D eigenvalue weighted by atomic mass is 10.1. The van der Waals surface area contributed by atoms with E-state index in [2.05, 4.69) is 16.0 Å².